The van der Waals surface area contributed by atoms with Gasteiger partial charge in [0.1, 0.15) is 11.3 Å². The molecule has 0 unspecified atom stereocenters. The third-order valence-electron chi connectivity index (χ3n) is 3.29. The molecule has 0 radical (unpaired) electrons. The van der Waals surface area contributed by atoms with Gasteiger partial charge in [0, 0.05) is 11.9 Å². The van der Waals surface area contributed by atoms with E-state index in [9.17, 15) is 13.2 Å². The fourth-order valence-electron chi connectivity index (χ4n) is 2.15. The number of alkyl halides is 3. The highest BCUT2D eigenvalue weighted by Gasteiger charge is 2.36. The summed E-state index contributed by atoms with van der Waals surface area (Å²) in [6, 6.07) is 3.23. The lowest BCUT2D eigenvalue weighted by atomic mass is 10.2. The number of hydrogen-bond donors (Lipinski definition) is 1. The molecule has 8 heteroatoms. The van der Waals surface area contributed by atoms with Crippen LogP contribution in [0.1, 0.15) is 25.6 Å². The lowest BCUT2D eigenvalue weighted by Gasteiger charge is -2.15. The summed E-state index contributed by atoms with van der Waals surface area (Å²) in [4.78, 5) is 7.26. The van der Waals surface area contributed by atoms with Gasteiger partial charge in [0.2, 0.25) is 5.82 Å². The number of fused-ring (bicyclic) bond motifs is 1. The van der Waals surface area contributed by atoms with Gasteiger partial charge in [-0.3, -0.25) is 0 Å². The van der Waals surface area contributed by atoms with E-state index in [4.69, 9.17) is 9.47 Å². The molecule has 2 aromatic rings. The standard InChI is InChI=1S/C15H18F3N3O2/c1-4-5-8-19-13-9-6-7-10(22-2)12(23-3)11(9)20-14(21-13)15(16,17)18/h6-7H,4-5,8H2,1-3H3,(H,19,20,21). The Bertz CT molecular complexity index is 690. The van der Waals surface area contributed by atoms with E-state index in [0.29, 0.717) is 17.7 Å². The molecule has 1 N–H and O–H groups in total. The third-order valence-corrected chi connectivity index (χ3v) is 3.29. The number of anilines is 1. The van der Waals surface area contributed by atoms with Gasteiger partial charge >= 0.3 is 6.18 Å². The molecule has 0 aliphatic rings. The summed E-state index contributed by atoms with van der Waals surface area (Å²) in [5.74, 6) is -0.616. The van der Waals surface area contributed by atoms with Crippen molar-refractivity contribution in [2.75, 3.05) is 26.1 Å². The number of benzene rings is 1. The Balaban J connectivity index is 2.67. The van der Waals surface area contributed by atoms with E-state index in [1.165, 1.54) is 14.2 Å². The van der Waals surface area contributed by atoms with Gasteiger partial charge in [-0.1, -0.05) is 13.3 Å². The summed E-state index contributed by atoms with van der Waals surface area (Å²) in [5.41, 5.74) is 0.0631. The number of hydrogen-bond acceptors (Lipinski definition) is 5. The maximum absolute atomic E-state index is 13.1. The summed E-state index contributed by atoms with van der Waals surface area (Å²) in [5, 5.41) is 3.39. The molecule has 0 fully saturated rings. The fourth-order valence-corrected chi connectivity index (χ4v) is 2.15. The van der Waals surface area contributed by atoms with E-state index in [2.05, 4.69) is 15.3 Å². The second-order valence-corrected chi connectivity index (χ2v) is 4.87. The van der Waals surface area contributed by atoms with Crippen LogP contribution in [0.15, 0.2) is 12.1 Å². The van der Waals surface area contributed by atoms with Gasteiger partial charge in [0.05, 0.1) is 14.2 Å². The Hall–Kier alpha value is -2.25. The topological polar surface area (TPSA) is 56.3 Å². The quantitative estimate of drug-likeness (QED) is 0.815. The van der Waals surface area contributed by atoms with Crippen LogP contribution in [0.3, 0.4) is 0 Å². The predicted molar refractivity (Wildman–Crippen MR) is 81.0 cm³/mol. The lowest BCUT2D eigenvalue weighted by Crippen LogP contribution is -2.14. The van der Waals surface area contributed by atoms with Gasteiger partial charge in [-0.2, -0.15) is 13.2 Å². The summed E-state index contributed by atoms with van der Waals surface area (Å²) in [6.45, 7) is 2.52. The molecule has 0 aliphatic carbocycles. The van der Waals surface area contributed by atoms with E-state index in [0.717, 1.165) is 12.8 Å². The van der Waals surface area contributed by atoms with Crippen molar-refractivity contribution in [3.8, 4) is 11.5 Å². The first-order valence-corrected chi connectivity index (χ1v) is 7.16. The van der Waals surface area contributed by atoms with Crippen LogP contribution in [0.4, 0.5) is 19.0 Å². The molecule has 0 spiro atoms. The maximum atomic E-state index is 13.1. The van der Waals surface area contributed by atoms with E-state index < -0.39 is 12.0 Å². The smallest absolute Gasteiger partial charge is 0.451 e. The van der Waals surface area contributed by atoms with Crippen molar-refractivity contribution < 1.29 is 22.6 Å². The molecule has 0 aliphatic heterocycles. The highest BCUT2D eigenvalue weighted by molar-refractivity contribution is 5.95. The Labute approximate surface area is 131 Å². The SMILES string of the molecule is CCCCNc1nc(C(F)(F)F)nc2c(OC)c(OC)ccc12. The Morgan fingerprint density at radius 3 is 2.43 bits per heavy atom. The summed E-state index contributed by atoms with van der Waals surface area (Å²) in [6.07, 6.45) is -2.91. The Kier molecular flexibility index (Phi) is 5.12. The van der Waals surface area contributed by atoms with Crippen molar-refractivity contribution in [3.05, 3.63) is 18.0 Å². The van der Waals surface area contributed by atoms with Gasteiger partial charge in [-0.15, -0.1) is 0 Å². The molecular weight excluding hydrogens is 311 g/mol. The van der Waals surface area contributed by atoms with Crippen molar-refractivity contribution >= 4 is 16.7 Å². The number of unbranched alkanes of at least 4 members (excludes halogenated alkanes) is 1. The molecule has 2 rings (SSSR count). The number of methoxy groups -OCH3 is 2. The predicted octanol–water partition coefficient (Wildman–Crippen LogP) is 3.88. The van der Waals surface area contributed by atoms with Crippen LogP contribution in [0.2, 0.25) is 0 Å². The van der Waals surface area contributed by atoms with Gasteiger partial charge in [-0.25, -0.2) is 9.97 Å². The average Bonchev–Trinajstić information content (AvgIpc) is 2.52. The van der Waals surface area contributed by atoms with Crippen molar-refractivity contribution in [2.45, 2.75) is 25.9 Å². The van der Waals surface area contributed by atoms with Gasteiger partial charge < -0.3 is 14.8 Å². The molecule has 0 bridgehead atoms. The largest absolute Gasteiger partial charge is 0.493 e. The molecule has 126 valence electrons. The van der Waals surface area contributed by atoms with Crippen LogP contribution in [-0.2, 0) is 6.18 Å². The first kappa shape index (κ1) is 17.1. The second-order valence-electron chi connectivity index (χ2n) is 4.87. The second kappa shape index (κ2) is 6.89. The van der Waals surface area contributed by atoms with Crippen LogP contribution in [0.5, 0.6) is 11.5 Å². The minimum absolute atomic E-state index is 0.0631. The van der Waals surface area contributed by atoms with Crippen LogP contribution >= 0.6 is 0 Å². The zero-order chi connectivity index (χ0) is 17.0. The van der Waals surface area contributed by atoms with Crippen LogP contribution < -0.4 is 14.8 Å². The van der Waals surface area contributed by atoms with Gasteiger partial charge in [0.15, 0.2) is 11.5 Å². The van der Waals surface area contributed by atoms with E-state index in [1.54, 1.807) is 12.1 Å². The minimum atomic E-state index is -4.65. The van der Waals surface area contributed by atoms with Crippen molar-refractivity contribution in [1.29, 1.82) is 0 Å². The summed E-state index contributed by atoms with van der Waals surface area (Å²) >= 11 is 0. The number of nitrogens with one attached hydrogen (secondary N) is 1. The van der Waals surface area contributed by atoms with Crippen LogP contribution in [-0.4, -0.2) is 30.7 Å². The molecule has 23 heavy (non-hydrogen) atoms. The first-order valence-electron chi connectivity index (χ1n) is 7.16. The van der Waals surface area contributed by atoms with Gasteiger partial charge in [0.25, 0.3) is 0 Å². The normalized spacial score (nSPS) is 11.6. The van der Waals surface area contributed by atoms with Crippen molar-refractivity contribution in [2.24, 2.45) is 0 Å². The lowest BCUT2D eigenvalue weighted by molar-refractivity contribution is -0.144. The number of aromatic nitrogens is 2. The molecular formula is C15H18F3N3O2. The molecule has 0 atom stereocenters. The van der Waals surface area contributed by atoms with Crippen molar-refractivity contribution in [3.63, 3.8) is 0 Å². The average molecular weight is 329 g/mol. The molecule has 5 nitrogen and oxygen atoms in total. The van der Waals surface area contributed by atoms with Gasteiger partial charge in [-0.05, 0) is 18.6 Å². The monoisotopic (exact) mass is 329 g/mol. The van der Waals surface area contributed by atoms with Crippen LogP contribution in [0, 0.1) is 0 Å². The molecule has 0 saturated carbocycles. The van der Waals surface area contributed by atoms with Crippen LogP contribution in [0.25, 0.3) is 10.9 Å². The molecule has 1 aromatic carbocycles. The molecule has 0 amide bonds. The molecule has 1 heterocycles. The minimum Gasteiger partial charge on any atom is -0.493 e. The molecule has 1 aromatic heterocycles. The van der Waals surface area contributed by atoms with Crippen molar-refractivity contribution in [1.82, 2.24) is 9.97 Å². The zero-order valence-corrected chi connectivity index (χ0v) is 13.1. The molecule has 0 saturated heterocycles. The highest BCUT2D eigenvalue weighted by Crippen LogP contribution is 2.38. The summed E-state index contributed by atoms with van der Waals surface area (Å²) in [7, 11) is 2.77. The van der Waals surface area contributed by atoms with E-state index in [-0.39, 0.29) is 17.1 Å². The number of ether oxygens (including phenoxy) is 2. The maximum Gasteiger partial charge on any atom is 0.451 e. The Morgan fingerprint density at radius 1 is 1.13 bits per heavy atom. The summed E-state index contributed by atoms with van der Waals surface area (Å²) < 4.78 is 49.5. The fraction of sp³-hybridized carbons (Fsp3) is 0.467. The first-order chi connectivity index (χ1) is 10.9. The number of rotatable bonds is 6. The third kappa shape index (κ3) is 3.57. The number of halogens is 3. The highest BCUT2D eigenvalue weighted by atomic mass is 19.4. The number of nitrogens with zero attached hydrogens (tertiary/aromatic N) is 2. The Morgan fingerprint density at radius 2 is 1.87 bits per heavy atom. The van der Waals surface area contributed by atoms with E-state index in [1.807, 2.05) is 6.92 Å². The zero-order valence-electron chi connectivity index (χ0n) is 13.1. The van der Waals surface area contributed by atoms with E-state index >= 15 is 0 Å².